The van der Waals surface area contributed by atoms with E-state index in [1.807, 2.05) is 0 Å². The Labute approximate surface area is 193 Å². The Morgan fingerprint density at radius 1 is 1.00 bits per heavy atom. The van der Waals surface area contributed by atoms with Gasteiger partial charge in [0.2, 0.25) is 0 Å². The molecule has 3 N–H and O–H groups in total. The molecule has 1 amide bonds. The molecule has 0 aromatic carbocycles. The van der Waals surface area contributed by atoms with Crippen molar-refractivity contribution in [2.24, 2.45) is 56.5 Å². The molecule has 0 bridgehead atoms. The summed E-state index contributed by atoms with van der Waals surface area (Å²) in [6, 6.07) is 0. The zero-order valence-corrected chi connectivity index (χ0v) is 20.7. The van der Waals surface area contributed by atoms with Gasteiger partial charge in [0.15, 0.2) is 0 Å². The summed E-state index contributed by atoms with van der Waals surface area (Å²) < 4.78 is 11.9. The van der Waals surface area contributed by atoms with Crippen LogP contribution in [0.2, 0.25) is 0 Å². The van der Waals surface area contributed by atoms with Crippen LogP contribution in [-0.2, 0) is 9.47 Å². The van der Waals surface area contributed by atoms with E-state index in [9.17, 15) is 9.90 Å². The van der Waals surface area contributed by atoms with Gasteiger partial charge in [-0.3, -0.25) is 0 Å². The fourth-order valence-electron chi connectivity index (χ4n) is 11.5. The minimum Gasteiger partial charge on any atom is -0.446 e. The van der Waals surface area contributed by atoms with E-state index in [0.717, 1.165) is 25.9 Å². The maximum Gasteiger partial charge on any atom is 0.404 e. The topological polar surface area (TPSA) is 81.8 Å². The smallest absolute Gasteiger partial charge is 0.404 e. The third kappa shape index (κ3) is 2.18. The third-order valence-electron chi connectivity index (χ3n) is 13.0. The molecular weight excluding hydrogens is 402 g/mol. The van der Waals surface area contributed by atoms with Crippen molar-refractivity contribution in [2.45, 2.75) is 104 Å². The fourth-order valence-corrected chi connectivity index (χ4v) is 11.5. The maximum absolute atomic E-state index is 11.9. The molecule has 0 radical (unpaired) electrons. The van der Waals surface area contributed by atoms with Gasteiger partial charge in [0.25, 0.3) is 0 Å². The SMILES string of the molecule is C[C@@H]1CCOC2C(O)[C@@]3(C)C4CCC5C(C)(C)[C@@H](OC(N)=O)CC[C@@]56CC46CC[C@]3(C)[C@H]21. The van der Waals surface area contributed by atoms with Gasteiger partial charge < -0.3 is 20.3 Å². The van der Waals surface area contributed by atoms with Crippen LogP contribution in [0.4, 0.5) is 4.79 Å². The number of fused-ring (bicyclic) bond motifs is 4. The average Bonchev–Trinajstić information content (AvgIpc) is 3.35. The molecule has 11 atom stereocenters. The number of hydrogen-bond donors (Lipinski definition) is 2. The molecule has 5 saturated carbocycles. The lowest BCUT2D eigenvalue weighted by Gasteiger charge is -2.63. The number of carbonyl (C=O) groups is 1. The number of aliphatic hydroxyl groups excluding tert-OH is 1. The lowest BCUT2D eigenvalue weighted by atomic mass is 9.41. The van der Waals surface area contributed by atoms with Crippen molar-refractivity contribution in [3.05, 3.63) is 0 Å². The van der Waals surface area contributed by atoms with Gasteiger partial charge in [-0.2, -0.15) is 0 Å². The Morgan fingerprint density at radius 3 is 2.41 bits per heavy atom. The van der Waals surface area contributed by atoms with E-state index >= 15 is 0 Å². The number of rotatable bonds is 1. The summed E-state index contributed by atoms with van der Waals surface area (Å²) in [6.07, 6.45) is 8.25. The molecule has 1 heterocycles. The van der Waals surface area contributed by atoms with Crippen LogP contribution in [0.15, 0.2) is 0 Å². The van der Waals surface area contributed by atoms with Crippen molar-refractivity contribution >= 4 is 6.09 Å². The first kappa shape index (κ1) is 21.7. The van der Waals surface area contributed by atoms with Gasteiger partial charge in [0, 0.05) is 17.4 Å². The number of aliphatic hydroxyl groups is 1. The number of ether oxygens (including phenoxy) is 2. The fraction of sp³-hybridized carbons (Fsp3) is 0.963. The van der Waals surface area contributed by atoms with Crippen LogP contribution in [0.25, 0.3) is 0 Å². The standard InChI is InChI=1S/C27H43NO4/c1-15-9-13-31-20-19(15)24(4)11-12-27-14-26(27)10-8-18(32-22(28)30)23(2,3)16(26)6-7-17(27)25(24,5)21(20)29/h15-21,29H,6-14H2,1-5H3,(H2,28,30)/t15-,16?,17?,18+,19+,20?,21?,24-,25-,26-,27?/m1/s1. The molecule has 2 spiro atoms. The second-order valence-electron chi connectivity index (χ2n) is 13.7. The molecule has 0 aromatic heterocycles. The van der Waals surface area contributed by atoms with Crippen LogP contribution in [0.5, 0.6) is 0 Å². The van der Waals surface area contributed by atoms with E-state index in [1.165, 1.54) is 32.1 Å². The van der Waals surface area contributed by atoms with Crippen LogP contribution in [0.1, 0.15) is 86.0 Å². The minimum atomic E-state index is -0.634. The van der Waals surface area contributed by atoms with Crippen LogP contribution < -0.4 is 5.73 Å². The van der Waals surface area contributed by atoms with E-state index in [2.05, 4.69) is 34.6 Å². The Hall–Kier alpha value is -0.810. The number of amides is 1. The predicted octanol–water partition coefficient (Wildman–Crippen LogP) is 4.90. The monoisotopic (exact) mass is 445 g/mol. The highest BCUT2D eigenvalue weighted by molar-refractivity contribution is 5.65. The summed E-state index contributed by atoms with van der Waals surface area (Å²) in [7, 11) is 0. The van der Waals surface area contributed by atoms with Crippen molar-refractivity contribution in [1.29, 1.82) is 0 Å². The molecule has 5 aliphatic carbocycles. The predicted molar refractivity (Wildman–Crippen MR) is 122 cm³/mol. The molecule has 0 aromatic rings. The third-order valence-corrected chi connectivity index (χ3v) is 13.0. The van der Waals surface area contributed by atoms with Gasteiger partial charge in [-0.15, -0.1) is 0 Å². The van der Waals surface area contributed by atoms with E-state index in [-0.39, 0.29) is 34.6 Å². The summed E-state index contributed by atoms with van der Waals surface area (Å²) >= 11 is 0. The van der Waals surface area contributed by atoms with Crippen molar-refractivity contribution in [2.75, 3.05) is 6.61 Å². The molecule has 5 heteroatoms. The summed E-state index contributed by atoms with van der Waals surface area (Å²) in [6.45, 7) is 12.7. The molecular formula is C27H43NO4. The largest absolute Gasteiger partial charge is 0.446 e. The van der Waals surface area contributed by atoms with Gasteiger partial charge >= 0.3 is 6.09 Å². The summed E-state index contributed by atoms with van der Waals surface area (Å²) in [5.41, 5.74) is 6.13. The first-order valence-electron chi connectivity index (χ1n) is 13.2. The molecule has 6 rings (SSSR count). The first-order valence-corrected chi connectivity index (χ1v) is 13.2. The van der Waals surface area contributed by atoms with Crippen LogP contribution in [-0.4, -0.2) is 36.1 Å². The molecule has 180 valence electrons. The number of primary amides is 1. The van der Waals surface area contributed by atoms with Crippen molar-refractivity contribution in [3.63, 3.8) is 0 Å². The summed E-state index contributed by atoms with van der Waals surface area (Å²) in [4.78, 5) is 11.6. The zero-order chi connectivity index (χ0) is 22.9. The maximum atomic E-state index is 11.9. The highest BCUT2D eigenvalue weighted by atomic mass is 16.6. The van der Waals surface area contributed by atoms with Gasteiger partial charge in [-0.1, -0.05) is 34.6 Å². The molecule has 6 aliphatic rings. The molecule has 5 nitrogen and oxygen atoms in total. The molecule has 32 heavy (non-hydrogen) atoms. The number of nitrogens with two attached hydrogens (primary N) is 1. The quantitative estimate of drug-likeness (QED) is 0.602. The normalized spacial score (nSPS) is 59.6. The Balaban J connectivity index is 1.38. The van der Waals surface area contributed by atoms with Gasteiger partial charge in [-0.05, 0) is 91.3 Å². The highest BCUT2D eigenvalue weighted by Crippen LogP contribution is 2.89. The van der Waals surface area contributed by atoms with Gasteiger partial charge in [0.05, 0.1) is 12.2 Å². The van der Waals surface area contributed by atoms with Gasteiger partial charge in [-0.25, -0.2) is 4.79 Å². The second kappa shape index (κ2) is 6.24. The highest BCUT2D eigenvalue weighted by Gasteiger charge is 2.84. The number of hydrogen-bond acceptors (Lipinski definition) is 4. The molecule has 1 saturated heterocycles. The number of carbonyl (C=O) groups excluding carboxylic acids is 1. The Kier molecular flexibility index (Phi) is 4.23. The van der Waals surface area contributed by atoms with Gasteiger partial charge in [0.1, 0.15) is 6.10 Å². The Morgan fingerprint density at radius 2 is 1.69 bits per heavy atom. The van der Waals surface area contributed by atoms with E-state index in [1.54, 1.807) is 0 Å². The Bertz CT molecular complexity index is 844. The van der Waals surface area contributed by atoms with Crippen LogP contribution in [0, 0.1) is 50.7 Å². The minimum absolute atomic E-state index is 0.00691. The summed E-state index contributed by atoms with van der Waals surface area (Å²) in [5.74, 6) is 2.21. The molecule has 6 fully saturated rings. The van der Waals surface area contributed by atoms with Crippen LogP contribution >= 0.6 is 0 Å². The van der Waals surface area contributed by atoms with Crippen molar-refractivity contribution in [1.82, 2.24) is 0 Å². The zero-order valence-electron chi connectivity index (χ0n) is 20.7. The van der Waals surface area contributed by atoms with Crippen LogP contribution in [0.3, 0.4) is 0 Å². The van der Waals surface area contributed by atoms with E-state index < -0.39 is 6.09 Å². The second-order valence-corrected chi connectivity index (χ2v) is 13.7. The van der Waals surface area contributed by atoms with Crippen molar-refractivity contribution < 1.29 is 19.4 Å². The van der Waals surface area contributed by atoms with E-state index in [0.29, 0.717) is 34.5 Å². The molecule has 1 aliphatic heterocycles. The first-order chi connectivity index (χ1) is 15.0. The lowest BCUT2D eigenvalue weighted by Crippen LogP contribution is -2.60. The molecule has 5 unspecified atom stereocenters. The lowest BCUT2D eigenvalue weighted by molar-refractivity contribution is -0.182. The average molecular weight is 446 g/mol. The summed E-state index contributed by atoms with van der Waals surface area (Å²) in [5, 5.41) is 11.9. The van der Waals surface area contributed by atoms with E-state index in [4.69, 9.17) is 15.2 Å². The van der Waals surface area contributed by atoms with Crippen molar-refractivity contribution in [3.8, 4) is 0 Å².